The molecule has 1 aromatic rings. The number of carboxylic acid groups (broad SMARTS) is 1. The minimum atomic E-state index is -0.875. The van der Waals surface area contributed by atoms with Crippen LogP contribution in [-0.4, -0.2) is 28.1 Å². The van der Waals surface area contributed by atoms with E-state index in [0.717, 1.165) is 18.7 Å². The van der Waals surface area contributed by atoms with Gasteiger partial charge in [0.2, 0.25) is 0 Å². The molecule has 0 saturated carbocycles. The summed E-state index contributed by atoms with van der Waals surface area (Å²) in [6, 6.07) is 7.10. The highest BCUT2D eigenvalue weighted by atomic mass is 16.4. The van der Waals surface area contributed by atoms with Crippen molar-refractivity contribution in [1.82, 2.24) is 4.90 Å². The number of hydrogen-bond acceptors (Lipinski definition) is 2. The summed E-state index contributed by atoms with van der Waals surface area (Å²) < 4.78 is 0. The molecule has 0 atom stereocenters. The van der Waals surface area contributed by atoms with Crippen molar-refractivity contribution in [3.8, 4) is 0 Å². The van der Waals surface area contributed by atoms with Crippen LogP contribution in [0.3, 0.4) is 0 Å². The van der Waals surface area contributed by atoms with Gasteiger partial charge in [-0.05, 0) is 45.0 Å². The first-order valence-electron chi connectivity index (χ1n) is 5.92. The van der Waals surface area contributed by atoms with Gasteiger partial charge in [-0.15, -0.1) is 0 Å². The third-order valence-corrected chi connectivity index (χ3v) is 2.90. The van der Waals surface area contributed by atoms with E-state index >= 15 is 0 Å². The molecule has 0 radical (unpaired) electrons. The van der Waals surface area contributed by atoms with Crippen molar-refractivity contribution in [3.05, 3.63) is 35.4 Å². The van der Waals surface area contributed by atoms with Crippen molar-refractivity contribution in [2.24, 2.45) is 0 Å². The summed E-state index contributed by atoms with van der Waals surface area (Å²) in [6.07, 6.45) is 0. The number of carbonyl (C=O) groups is 1. The van der Waals surface area contributed by atoms with E-state index in [9.17, 15) is 4.79 Å². The van der Waals surface area contributed by atoms with Crippen LogP contribution in [0.5, 0.6) is 0 Å². The van der Waals surface area contributed by atoms with Crippen LogP contribution in [0, 0.1) is 0 Å². The zero-order valence-corrected chi connectivity index (χ0v) is 11.0. The normalized spacial score (nSPS) is 11.8. The Balaban J connectivity index is 2.78. The standard InChI is InChI=1S/C14H21NO2/c1-5-15(14(2,3)4)10-11-6-8-12(9-7-11)13(16)17/h6-9H,5,10H2,1-4H3,(H,16,17). The molecule has 0 heterocycles. The first-order chi connectivity index (χ1) is 7.84. The molecule has 0 aliphatic carbocycles. The molecule has 3 nitrogen and oxygen atoms in total. The molecule has 0 spiro atoms. The number of aromatic carboxylic acids is 1. The lowest BCUT2D eigenvalue weighted by molar-refractivity contribution is 0.0696. The van der Waals surface area contributed by atoms with Gasteiger partial charge in [-0.25, -0.2) is 4.79 Å². The van der Waals surface area contributed by atoms with Crippen molar-refractivity contribution < 1.29 is 9.90 Å². The van der Waals surface area contributed by atoms with E-state index in [1.54, 1.807) is 12.1 Å². The van der Waals surface area contributed by atoms with Crippen molar-refractivity contribution in [2.75, 3.05) is 6.54 Å². The minimum Gasteiger partial charge on any atom is -0.478 e. The largest absolute Gasteiger partial charge is 0.478 e. The molecule has 1 rings (SSSR count). The molecule has 0 aliphatic rings. The quantitative estimate of drug-likeness (QED) is 0.872. The van der Waals surface area contributed by atoms with Gasteiger partial charge in [-0.1, -0.05) is 19.1 Å². The fraction of sp³-hybridized carbons (Fsp3) is 0.500. The number of benzene rings is 1. The molecule has 0 amide bonds. The molecule has 17 heavy (non-hydrogen) atoms. The molecule has 0 saturated heterocycles. The van der Waals surface area contributed by atoms with Crippen molar-refractivity contribution >= 4 is 5.97 Å². The van der Waals surface area contributed by atoms with Crippen molar-refractivity contribution in [2.45, 2.75) is 39.8 Å². The van der Waals surface area contributed by atoms with E-state index in [2.05, 4.69) is 32.6 Å². The van der Waals surface area contributed by atoms with Crippen LogP contribution in [0.4, 0.5) is 0 Å². The lowest BCUT2D eigenvalue weighted by Gasteiger charge is -2.34. The Kier molecular flexibility index (Phi) is 4.29. The maximum atomic E-state index is 10.7. The van der Waals surface area contributed by atoms with Crippen LogP contribution in [0.25, 0.3) is 0 Å². The lowest BCUT2D eigenvalue weighted by atomic mass is 10.0. The molecule has 0 aliphatic heterocycles. The van der Waals surface area contributed by atoms with Gasteiger partial charge in [0, 0.05) is 12.1 Å². The molecule has 0 bridgehead atoms. The van der Waals surface area contributed by atoms with Crippen LogP contribution in [0.2, 0.25) is 0 Å². The summed E-state index contributed by atoms with van der Waals surface area (Å²) >= 11 is 0. The Morgan fingerprint density at radius 3 is 2.12 bits per heavy atom. The van der Waals surface area contributed by atoms with Gasteiger partial charge in [0.05, 0.1) is 5.56 Å². The molecule has 0 unspecified atom stereocenters. The monoisotopic (exact) mass is 235 g/mol. The molecule has 94 valence electrons. The number of rotatable bonds is 4. The highest BCUT2D eigenvalue weighted by Crippen LogP contribution is 2.17. The van der Waals surface area contributed by atoms with Crippen LogP contribution in [0.15, 0.2) is 24.3 Å². The van der Waals surface area contributed by atoms with E-state index in [1.807, 2.05) is 12.1 Å². The van der Waals surface area contributed by atoms with Crippen LogP contribution < -0.4 is 0 Å². The molecular formula is C14H21NO2. The zero-order chi connectivity index (χ0) is 13.1. The summed E-state index contributed by atoms with van der Waals surface area (Å²) in [5.41, 5.74) is 1.61. The first-order valence-corrected chi connectivity index (χ1v) is 5.92. The van der Waals surface area contributed by atoms with E-state index in [4.69, 9.17) is 5.11 Å². The number of hydrogen-bond donors (Lipinski definition) is 1. The summed E-state index contributed by atoms with van der Waals surface area (Å²) in [5, 5.41) is 8.82. The summed E-state index contributed by atoms with van der Waals surface area (Å²) in [4.78, 5) is 13.1. The first kappa shape index (κ1) is 13.7. The van der Waals surface area contributed by atoms with E-state index < -0.39 is 5.97 Å². The zero-order valence-electron chi connectivity index (χ0n) is 11.0. The predicted octanol–water partition coefficient (Wildman–Crippen LogP) is 3.01. The van der Waals surface area contributed by atoms with Gasteiger partial charge in [-0.2, -0.15) is 0 Å². The smallest absolute Gasteiger partial charge is 0.335 e. The van der Waals surface area contributed by atoms with Crippen LogP contribution >= 0.6 is 0 Å². The fourth-order valence-electron chi connectivity index (χ4n) is 1.80. The number of nitrogens with zero attached hydrogens (tertiary/aromatic N) is 1. The third kappa shape index (κ3) is 3.86. The molecule has 1 aromatic carbocycles. The van der Waals surface area contributed by atoms with Crippen molar-refractivity contribution in [1.29, 1.82) is 0 Å². The highest BCUT2D eigenvalue weighted by molar-refractivity contribution is 5.87. The second-order valence-corrected chi connectivity index (χ2v) is 5.19. The summed E-state index contributed by atoms with van der Waals surface area (Å²) in [5.74, 6) is -0.875. The minimum absolute atomic E-state index is 0.125. The van der Waals surface area contributed by atoms with E-state index in [-0.39, 0.29) is 5.54 Å². The highest BCUT2D eigenvalue weighted by Gasteiger charge is 2.19. The van der Waals surface area contributed by atoms with Gasteiger partial charge < -0.3 is 5.11 Å². The average Bonchev–Trinajstić information content (AvgIpc) is 2.24. The summed E-state index contributed by atoms with van der Waals surface area (Å²) in [7, 11) is 0. The third-order valence-electron chi connectivity index (χ3n) is 2.90. The van der Waals surface area contributed by atoms with Gasteiger partial charge in [0.1, 0.15) is 0 Å². The topological polar surface area (TPSA) is 40.5 Å². The van der Waals surface area contributed by atoms with E-state index in [0.29, 0.717) is 5.56 Å². The maximum absolute atomic E-state index is 10.7. The van der Waals surface area contributed by atoms with Crippen LogP contribution in [0.1, 0.15) is 43.6 Å². The Labute approximate surface area is 103 Å². The molecule has 0 fully saturated rings. The van der Waals surface area contributed by atoms with E-state index in [1.165, 1.54) is 0 Å². The second kappa shape index (κ2) is 5.32. The fourth-order valence-corrected chi connectivity index (χ4v) is 1.80. The molecule has 0 aromatic heterocycles. The molecule has 3 heteroatoms. The second-order valence-electron chi connectivity index (χ2n) is 5.19. The lowest BCUT2D eigenvalue weighted by Crippen LogP contribution is -2.40. The molecular weight excluding hydrogens is 214 g/mol. The van der Waals surface area contributed by atoms with Gasteiger partial charge >= 0.3 is 5.97 Å². The molecule has 1 N–H and O–H groups in total. The van der Waals surface area contributed by atoms with Crippen LogP contribution in [-0.2, 0) is 6.54 Å². The van der Waals surface area contributed by atoms with Gasteiger partial charge in [-0.3, -0.25) is 4.90 Å². The average molecular weight is 235 g/mol. The SMILES string of the molecule is CCN(Cc1ccc(C(=O)O)cc1)C(C)(C)C. The number of carboxylic acids is 1. The Morgan fingerprint density at radius 2 is 1.76 bits per heavy atom. The maximum Gasteiger partial charge on any atom is 0.335 e. The van der Waals surface area contributed by atoms with Gasteiger partial charge in [0.25, 0.3) is 0 Å². The van der Waals surface area contributed by atoms with Crippen molar-refractivity contribution in [3.63, 3.8) is 0 Å². The van der Waals surface area contributed by atoms with Gasteiger partial charge in [0.15, 0.2) is 0 Å². The Bertz CT molecular complexity index is 376. The predicted molar refractivity (Wildman–Crippen MR) is 69.2 cm³/mol. The Morgan fingerprint density at radius 1 is 1.24 bits per heavy atom. The Hall–Kier alpha value is -1.35. The summed E-state index contributed by atoms with van der Waals surface area (Å²) in [6.45, 7) is 10.5.